The van der Waals surface area contributed by atoms with Crippen LogP contribution >= 0.6 is 11.8 Å². The van der Waals surface area contributed by atoms with Crippen LogP contribution in [0.5, 0.6) is 0 Å². The molecular weight excluding hydrogens is 200 g/mol. The molecule has 0 N–H and O–H groups in total. The van der Waals surface area contributed by atoms with Gasteiger partial charge in [-0.1, -0.05) is 54.4 Å². The molecule has 1 aliphatic heterocycles. The molecule has 0 nitrogen and oxygen atoms in total. The molecule has 15 heavy (non-hydrogen) atoms. The highest BCUT2D eigenvalue weighted by molar-refractivity contribution is 8.00. The average molecular weight is 228 g/mol. The van der Waals surface area contributed by atoms with E-state index in [9.17, 15) is 0 Å². The summed E-state index contributed by atoms with van der Waals surface area (Å²) in [7, 11) is 0. The Morgan fingerprint density at radius 1 is 0.733 bits per heavy atom. The van der Waals surface area contributed by atoms with Crippen LogP contribution in [0.25, 0.3) is 0 Å². The van der Waals surface area contributed by atoms with Crippen LogP contribution in [0.15, 0.2) is 0 Å². The molecule has 2 unspecified atom stereocenters. The van der Waals surface area contributed by atoms with Gasteiger partial charge in [0.2, 0.25) is 0 Å². The van der Waals surface area contributed by atoms with Gasteiger partial charge in [0.25, 0.3) is 0 Å². The van der Waals surface area contributed by atoms with E-state index in [4.69, 9.17) is 0 Å². The zero-order valence-electron chi connectivity index (χ0n) is 11.4. The Morgan fingerprint density at radius 2 is 1.07 bits per heavy atom. The third-order valence-corrected chi connectivity index (χ3v) is 5.99. The molecule has 1 heterocycles. The van der Waals surface area contributed by atoms with Crippen molar-refractivity contribution in [2.24, 2.45) is 10.8 Å². The second-order valence-corrected chi connectivity index (χ2v) is 8.54. The van der Waals surface area contributed by atoms with E-state index in [1.165, 1.54) is 25.7 Å². The van der Waals surface area contributed by atoms with E-state index < -0.39 is 0 Å². The van der Waals surface area contributed by atoms with Gasteiger partial charge in [0, 0.05) is 10.5 Å². The highest BCUT2D eigenvalue weighted by atomic mass is 32.2. The van der Waals surface area contributed by atoms with Crippen LogP contribution in [0, 0.1) is 10.8 Å². The summed E-state index contributed by atoms with van der Waals surface area (Å²) in [5, 5.41) is 1.70. The molecule has 1 rings (SSSR count). The summed E-state index contributed by atoms with van der Waals surface area (Å²) in [5.74, 6) is 0. The van der Waals surface area contributed by atoms with E-state index in [0.29, 0.717) is 10.8 Å². The summed E-state index contributed by atoms with van der Waals surface area (Å²) in [6, 6.07) is 0. The van der Waals surface area contributed by atoms with Crippen LogP contribution in [0.4, 0.5) is 0 Å². The lowest BCUT2D eigenvalue weighted by Crippen LogP contribution is -2.29. The predicted molar refractivity (Wildman–Crippen MR) is 72.5 cm³/mol. The zero-order valence-corrected chi connectivity index (χ0v) is 12.2. The molecule has 0 aromatic carbocycles. The summed E-state index contributed by atoms with van der Waals surface area (Å²) in [5.41, 5.74) is 0.941. The van der Waals surface area contributed by atoms with Crippen molar-refractivity contribution < 1.29 is 0 Å². The van der Waals surface area contributed by atoms with Crippen molar-refractivity contribution in [1.29, 1.82) is 0 Å². The molecule has 0 aliphatic carbocycles. The minimum absolute atomic E-state index is 0.471. The molecule has 1 saturated heterocycles. The fourth-order valence-electron chi connectivity index (χ4n) is 2.27. The first kappa shape index (κ1) is 13.4. The number of hydrogen-bond donors (Lipinski definition) is 0. The van der Waals surface area contributed by atoms with Gasteiger partial charge in [-0.3, -0.25) is 0 Å². The second kappa shape index (κ2) is 4.69. The molecule has 0 aromatic rings. The first-order valence-corrected chi connectivity index (χ1v) is 7.31. The quantitative estimate of drug-likeness (QED) is 0.554. The van der Waals surface area contributed by atoms with Crippen molar-refractivity contribution in [2.45, 2.75) is 77.7 Å². The topological polar surface area (TPSA) is 0 Å². The Bertz CT molecular complexity index is 172. The van der Waals surface area contributed by atoms with Crippen molar-refractivity contribution >= 4 is 11.8 Å². The lowest BCUT2D eigenvalue weighted by Gasteiger charge is -2.36. The first-order chi connectivity index (χ1) is 6.71. The van der Waals surface area contributed by atoms with E-state index in [2.05, 4.69) is 53.3 Å². The monoisotopic (exact) mass is 228 g/mol. The number of rotatable bonds is 0. The molecule has 2 atom stereocenters. The van der Waals surface area contributed by atoms with Crippen molar-refractivity contribution in [3.63, 3.8) is 0 Å². The summed E-state index contributed by atoms with van der Waals surface area (Å²) in [6.45, 7) is 14.4. The normalized spacial score (nSPS) is 30.0. The van der Waals surface area contributed by atoms with E-state index in [1.807, 2.05) is 0 Å². The van der Waals surface area contributed by atoms with Gasteiger partial charge < -0.3 is 0 Å². The minimum Gasteiger partial charge on any atom is -0.154 e. The van der Waals surface area contributed by atoms with Crippen molar-refractivity contribution in [3.05, 3.63) is 0 Å². The highest BCUT2D eigenvalue weighted by Gasteiger charge is 2.34. The van der Waals surface area contributed by atoms with Crippen LogP contribution in [0.3, 0.4) is 0 Å². The molecule has 0 aromatic heterocycles. The van der Waals surface area contributed by atoms with Crippen LogP contribution in [0.1, 0.15) is 67.2 Å². The number of hydrogen-bond acceptors (Lipinski definition) is 1. The zero-order chi connectivity index (χ0) is 11.7. The average Bonchev–Trinajstić information content (AvgIpc) is 2.24. The molecule has 1 heteroatoms. The Labute approximate surface area is 101 Å². The van der Waals surface area contributed by atoms with Gasteiger partial charge >= 0.3 is 0 Å². The lowest BCUT2D eigenvalue weighted by molar-refractivity contribution is 0.373. The van der Waals surface area contributed by atoms with E-state index in [-0.39, 0.29) is 0 Å². The molecule has 0 amide bonds. The minimum atomic E-state index is 0.471. The third-order valence-electron chi connectivity index (χ3n) is 3.44. The van der Waals surface area contributed by atoms with Gasteiger partial charge in [-0.05, 0) is 23.7 Å². The van der Waals surface area contributed by atoms with Crippen molar-refractivity contribution in [3.8, 4) is 0 Å². The van der Waals surface area contributed by atoms with Crippen LogP contribution < -0.4 is 0 Å². The second-order valence-electron chi connectivity index (χ2n) is 7.13. The van der Waals surface area contributed by atoms with Crippen molar-refractivity contribution in [1.82, 2.24) is 0 Å². The van der Waals surface area contributed by atoms with E-state index in [0.717, 1.165) is 10.5 Å². The molecule has 1 fully saturated rings. The highest BCUT2D eigenvalue weighted by Crippen LogP contribution is 2.45. The molecule has 0 saturated carbocycles. The SMILES string of the molecule is CC(C)(C)C1CCCCC(C(C)(C)C)S1. The summed E-state index contributed by atoms with van der Waals surface area (Å²) in [6.07, 6.45) is 5.70. The lowest BCUT2D eigenvalue weighted by atomic mass is 9.87. The predicted octanol–water partition coefficient (Wildman–Crippen LogP) is 5.12. The largest absolute Gasteiger partial charge is 0.154 e. The summed E-state index contributed by atoms with van der Waals surface area (Å²) >= 11 is 2.27. The van der Waals surface area contributed by atoms with Gasteiger partial charge in [-0.15, -0.1) is 0 Å². The third kappa shape index (κ3) is 4.01. The maximum absolute atomic E-state index is 2.40. The number of thioether (sulfide) groups is 1. The smallest absolute Gasteiger partial charge is 0.00985 e. The first-order valence-electron chi connectivity index (χ1n) is 6.37. The fraction of sp³-hybridized carbons (Fsp3) is 1.00. The van der Waals surface area contributed by atoms with Gasteiger partial charge in [0.15, 0.2) is 0 Å². The Kier molecular flexibility index (Phi) is 4.20. The van der Waals surface area contributed by atoms with E-state index >= 15 is 0 Å². The molecule has 90 valence electrons. The van der Waals surface area contributed by atoms with E-state index in [1.54, 1.807) is 0 Å². The van der Waals surface area contributed by atoms with Crippen LogP contribution in [0.2, 0.25) is 0 Å². The van der Waals surface area contributed by atoms with Crippen molar-refractivity contribution in [2.75, 3.05) is 0 Å². The Balaban J connectivity index is 2.70. The standard InChI is InChI=1S/C14H28S/c1-13(2,3)11-9-7-8-10-12(15-11)14(4,5)6/h11-12H,7-10H2,1-6H3. The molecule has 0 radical (unpaired) electrons. The maximum Gasteiger partial charge on any atom is 0.00985 e. The fourth-order valence-corrected chi connectivity index (χ4v) is 4.09. The molecular formula is C14H28S. The summed E-state index contributed by atoms with van der Waals surface area (Å²) < 4.78 is 0. The van der Waals surface area contributed by atoms with Crippen LogP contribution in [-0.2, 0) is 0 Å². The van der Waals surface area contributed by atoms with Crippen LogP contribution in [-0.4, -0.2) is 10.5 Å². The molecule has 1 aliphatic rings. The van der Waals surface area contributed by atoms with Gasteiger partial charge in [-0.2, -0.15) is 11.8 Å². The van der Waals surface area contributed by atoms with Gasteiger partial charge in [-0.25, -0.2) is 0 Å². The maximum atomic E-state index is 2.40. The molecule has 0 bridgehead atoms. The molecule has 0 spiro atoms. The van der Waals surface area contributed by atoms with Gasteiger partial charge in [0.05, 0.1) is 0 Å². The Hall–Kier alpha value is 0.350. The van der Waals surface area contributed by atoms with Gasteiger partial charge in [0.1, 0.15) is 0 Å². The summed E-state index contributed by atoms with van der Waals surface area (Å²) in [4.78, 5) is 0. The Morgan fingerprint density at radius 3 is 1.33 bits per heavy atom.